The van der Waals surface area contributed by atoms with E-state index in [0.29, 0.717) is 5.56 Å². The van der Waals surface area contributed by atoms with Crippen molar-refractivity contribution >= 4 is 19.9 Å². The molecule has 1 aliphatic heterocycles. The summed E-state index contributed by atoms with van der Waals surface area (Å²) in [5, 5.41) is -0.592. The van der Waals surface area contributed by atoms with Crippen molar-refractivity contribution in [3.05, 3.63) is 66.0 Å². The highest BCUT2D eigenvalue weighted by molar-refractivity contribution is 7.92. The van der Waals surface area contributed by atoms with E-state index >= 15 is 0 Å². The van der Waals surface area contributed by atoms with Gasteiger partial charge in [0.15, 0.2) is 9.84 Å². The van der Waals surface area contributed by atoms with Crippen molar-refractivity contribution in [1.82, 2.24) is 4.31 Å². The van der Waals surface area contributed by atoms with Gasteiger partial charge in [-0.25, -0.2) is 25.5 Å². The lowest BCUT2D eigenvalue weighted by atomic mass is 10.2. The number of piperidine rings is 1. The van der Waals surface area contributed by atoms with Crippen LogP contribution in [0.15, 0.2) is 59.5 Å². The van der Waals surface area contributed by atoms with Crippen LogP contribution in [0.25, 0.3) is 0 Å². The fraction of sp³-hybridized carbons (Fsp3) is 0.333. The summed E-state index contributed by atoms with van der Waals surface area (Å²) < 4.78 is 65.0. The molecule has 0 aromatic heterocycles. The van der Waals surface area contributed by atoms with Crippen molar-refractivity contribution in [2.45, 2.75) is 28.7 Å². The van der Waals surface area contributed by atoms with Crippen LogP contribution >= 0.6 is 0 Å². The maximum atomic E-state index is 13.3. The summed E-state index contributed by atoms with van der Waals surface area (Å²) in [5.41, 5.74) is 0.379. The van der Waals surface area contributed by atoms with Crippen molar-refractivity contribution in [2.24, 2.45) is 0 Å². The van der Waals surface area contributed by atoms with Crippen LogP contribution in [-0.2, 0) is 25.6 Å². The van der Waals surface area contributed by atoms with Gasteiger partial charge in [0.05, 0.1) is 15.9 Å². The zero-order valence-corrected chi connectivity index (χ0v) is 15.7. The monoisotopic (exact) mass is 397 g/mol. The Hall–Kier alpha value is -1.77. The summed E-state index contributed by atoms with van der Waals surface area (Å²) in [6.45, 7) is 0.294. The van der Waals surface area contributed by atoms with Gasteiger partial charge in [0.1, 0.15) is 5.82 Å². The Morgan fingerprint density at radius 3 is 2.19 bits per heavy atom. The highest BCUT2D eigenvalue weighted by Gasteiger charge is 2.35. The first-order chi connectivity index (χ1) is 12.3. The molecular weight excluding hydrogens is 377 g/mol. The molecule has 0 atom stereocenters. The second kappa shape index (κ2) is 7.46. The van der Waals surface area contributed by atoms with E-state index in [2.05, 4.69) is 0 Å². The molecule has 0 aliphatic carbocycles. The first-order valence-electron chi connectivity index (χ1n) is 8.30. The molecule has 5 nitrogen and oxygen atoms in total. The lowest BCUT2D eigenvalue weighted by Crippen LogP contribution is -2.42. The molecular formula is C18H20FNO4S2. The molecule has 0 unspecified atom stereocenters. The first-order valence-corrected chi connectivity index (χ1v) is 11.5. The van der Waals surface area contributed by atoms with Crippen LogP contribution in [0.3, 0.4) is 0 Å². The maximum Gasteiger partial charge on any atom is 0.218 e. The number of halogens is 1. The molecule has 1 heterocycles. The highest BCUT2D eigenvalue weighted by atomic mass is 32.2. The zero-order valence-electron chi connectivity index (χ0n) is 14.1. The molecule has 1 fully saturated rings. The SMILES string of the molecule is O=S(=O)(c1ccccc1)C1CCN(S(=O)(=O)Cc2cccc(F)c2)CC1. The van der Waals surface area contributed by atoms with Gasteiger partial charge >= 0.3 is 0 Å². The third-order valence-electron chi connectivity index (χ3n) is 4.54. The van der Waals surface area contributed by atoms with Crippen LogP contribution in [0.5, 0.6) is 0 Å². The molecule has 2 aromatic carbocycles. The molecule has 8 heteroatoms. The van der Waals surface area contributed by atoms with Crippen LogP contribution in [0.1, 0.15) is 18.4 Å². The van der Waals surface area contributed by atoms with Crippen molar-refractivity contribution in [2.75, 3.05) is 13.1 Å². The Morgan fingerprint density at radius 2 is 1.58 bits per heavy atom. The van der Waals surface area contributed by atoms with E-state index in [4.69, 9.17) is 0 Å². The van der Waals surface area contributed by atoms with Gasteiger partial charge in [-0.3, -0.25) is 0 Å². The van der Waals surface area contributed by atoms with Crippen molar-refractivity contribution in [1.29, 1.82) is 0 Å². The molecule has 3 rings (SSSR count). The normalized spacial score (nSPS) is 17.3. The number of hydrogen-bond acceptors (Lipinski definition) is 4. The second-order valence-corrected chi connectivity index (χ2v) is 10.5. The Kier molecular flexibility index (Phi) is 5.45. The molecule has 1 saturated heterocycles. The van der Waals surface area contributed by atoms with E-state index in [-0.39, 0.29) is 36.6 Å². The largest absolute Gasteiger partial charge is 0.223 e. The molecule has 140 valence electrons. The van der Waals surface area contributed by atoms with Crippen LogP contribution < -0.4 is 0 Å². The minimum Gasteiger partial charge on any atom is -0.223 e. The molecule has 0 N–H and O–H groups in total. The van der Waals surface area contributed by atoms with Gasteiger partial charge in [-0.2, -0.15) is 0 Å². The van der Waals surface area contributed by atoms with Gasteiger partial charge in [0, 0.05) is 13.1 Å². The van der Waals surface area contributed by atoms with Crippen LogP contribution in [-0.4, -0.2) is 39.5 Å². The first kappa shape index (κ1) is 19.0. The van der Waals surface area contributed by atoms with Gasteiger partial charge < -0.3 is 0 Å². The highest BCUT2D eigenvalue weighted by Crippen LogP contribution is 2.26. The van der Waals surface area contributed by atoms with Gasteiger partial charge in [-0.1, -0.05) is 30.3 Å². The van der Waals surface area contributed by atoms with Gasteiger partial charge in [-0.15, -0.1) is 0 Å². The average Bonchev–Trinajstić information content (AvgIpc) is 2.62. The summed E-state index contributed by atoms with van der Waals surface area (Å²) in [6.07, 6.45) is 0.499. The number of benzene rings is 2. The molecule has 0 saturated carbocycles. The van der Waals surface area contributed by atoms with Crippen molar-refractivity contribution in [3.8, 4) is 0 Å². The third-order valence-corrected chi connectivity index (χ3v) is 8.67. The summed E-state index contributed by atoms with van der Waals surface area (Å²) >= 11 is 0. The average molecular weight is 397 g/mol. The Morgan fingerprint density at radius 1 is 0.923 bits per heavy atom. The smallest absolute Gasteiger partial charge is 0.218 e. The number of hydrogen-bond donors (Lipinski definition) is 0. The fourth-order valence-electron chi connectivity index (χ4n) is 3.15. The summed E-state index contributed by atoms with van der Waals surface area (Å²) in [5.74, 6) is -0.772. The van der Waals surface area contributed by atoms with Crippen molar-refractivity contribution in [3.63, 3.8) is 0 Å². The Labute approximate surface area is 153 Å². The van der Waals surface area contributed by atoms with Crippen LogP contribution in [0.4, 0.5) is 4.39 Å². The van der Waals surface area contributed by atoms with Gasteiger partial charge in [0.25, 0.3) is 0 Å². The molecule has 26 heavy (non-hydrogen) atoms. The topological polar surface area (TPSA) is 71.5 Å². The number of sulfonamides is 1. The van der Waals surface area contributed by atoms with Crippen LogP contribution in [0.2, 0.25) is 0 Å². The molecule has 1 aliphatic rings. The predicted octanol–water partition coefficient (Wildman–Crippen LogP) is 2.59. The quantitative estimate of drug-likeness (QED) is 0.778. The number of sulfone groups is 1. The van der Waals surface area contributed by atoms with E-state index in [1.54, 1.807) is 36.4 Å². The van der Waals surface area contributed by atoms with Gasteiger partial charge in [-0.05, 0) is 42.7 Å². The molecule has 0 radical (unpaired) electrons. The zero-order chi connectivity index (χ0) is 18.8. The minimum absolute atomic E-state index is 0.147. The third kappa shape index (κ3) is 4.13. The maximum absolute atomic E-state index is 13.3. The van der Waals surface area contributed by atoms with E-state index in [1.165, 1.54) is 22.5 Å². The second-order valence-electron chi connectivity index (χ2n) is 6.34. The fourth-order valence-corrected chi connectivity index (χ4v) is 6.46. The lowest BCUT2D eigenvalue weighted by molar-refractivity contribution is 0.345. The molecule has 0 bridgehead atoms. The number of rotatable bonds is 5. The predicted molar refractivity (Wildman–Crippen MR) is 97.2 cm³/mol. The van der Waals surface area contributed by atoms with Crippen molar-refractivity contribution < 1.29 is 21.2 Å². The van der Waals surface area contributed by atoms with Gasteiger partial charge in [0.2, 0.25) is 10.0 Å². The molecule has 2 aromatic rings. The summed E-state index contributed by atoms with van der Waals surface area (Å²) in [7, 11) is -7.08. The summed E-state index contributed by atoms with van der Waals surface area (Å²) in [6, 6.07) is 13.7. The number of nitrogens with zero attached hydrogens (tertiary/aromatic N) is 1. The van der Waals surface area contributed by atoms with Crippen LogP contribution in [0, 0.1) is 5.82 Å². The van der Waals surface area contributed by atoms with E-state index in [0.717, 1.165) is 0 Å². The Bertz CT molecular complexity index is 967. The summed E-state index contributed by atoms with van der Waals surface area (Å²) in [4.78, 5) is 0.265. The Balaban J connectivity index is 1.68. The minimum atomic E-state index is -3.61. The molecule has 0 amide bonds. The lowest BCUT2D eigenvalue weighted by Gasteiger charge is -2.31. The molecule has 0 spiro atoms. The van der Waals surface area contributed by atoms with E-state index in [9.17, 15) is 21.2 Å². The van der Waals surface area contributed by atoms with E-state index in [1.807, 2.05) is 0 Å². The van der Waals surface area contributed by atoms with E-state index < -0.39 is 30.9 Å². The standard InChI is InChI=1S/C18H20FNO4S2/c19-16-6-4-5-15(13-16)14-25(21,22)20-11-9-18(10-12-20)26(23,24)17-7-2-1-3-8-17/h1-8,13,18H,9-12,14H2.